The highest BCUT2D eigenvalue weighted by atomic mass is 35.5. The predicted octanol–water partition coefficient (Wildman–Crippen LogP) is 3.65. The van der Waals surface area contributed by atoms with Crippen molar-refractivity contribution in [3.05, 3.63) is 70.9 Å². The minimum Gasteiger partial charge on any atom is -0.378 e. The number of morpholine rings is 2. The summed E-state index contributed by atoms with van der Waals surface area (Å²) in [7, 11) is 0. The number of nitrogens with zero attached hydrogens (tertiary/aromatic N) is 7. The zero-order valence-corrected chi connectivity index (χ0v) is 21.7. The van der Waals surface area contributed by atoms with Crippen molar-refractivity contribution in [2.45, 2.75) is 6.54 Å². The molecule has 10 nitrogen and oxygen atoms in total. The molecule has 0 spiro atoms. The van der Waals surface area contributed by atoms with Crippen LogP contribution in [0.1, 0.15) is 11.1 Å². The lowest BCUT2D eigenvalue weighted by Crippen LogP contribution is -2.40. The number of anilines is 3. The highest BCUT2D eigenvalue weighted by Gasteiger charge is 2.20. The van der Waals surface area contributed by atoms with Crippen LogP contribution in [0.25, 0.3) is 10.9 Å². The van der Waals surface area contributed by atoms with Gasteiger partial charge in [0.25, 0.3) is 0 Å². The molecule has 2 aliphatic heterocycles. The third-order valence-corrected chi connectivity index (χ3v) is 7.05. The molecule has 0 unspecified atom stereocenters. The first-order valence-corrected chi connectivity index (χ1v) is 13.1. The van der Waals surface area contributed by atoms with Crippen molar-refractivity contribution >= 4 is 46.6 Å². The minimum atomic E-state index is 0.402. The maximum Gasteiger partial charge on any atom is 0.250 e. The van der Waals surface area contributed by atoms with E-state index in [0.29, 0.717) is 50.8 Å². The summed E-state index contributed by atoms with van der Waals surface area (Å²) in [6.07, 6.45) is 3.89. The van der Waals surface area contributed by atoms with Gasteiger partial charge < -0.3 is 23.8 Å². The first-order chi connectivity index (χ1) is 18.7. The fraction of sp³-hybridized carbons (Fsp3) is 0.333. The van der Waals surface area contributed by atoms with Gasteiger partial charge in [-0.2, -0.15) is 20.1 Å². The Bertz CT molecular complexity index is 1390. The van der Waals surface area contributed by atoms with Gasteiger partial charge in [-0.15, -0.1) is 0 Å². The monoisotopic (exact) mass is 532 g/mol. The second kappa shape index (κ2) is 11.3. The topological polar surface area (TPSA) is 92.9 Å². The van der Waals surface area contributed by atoms with E-state index in [0.717, 1.165) is 53.2 Å². The first-order valence-electron chi connectivity index (χ1n) is 12.8. The molecule has 38 heavy (non-hydrogen) atoms. The highest BCUT2D eigenvalue weighted by molar-refractivity contribution is 6.31. The van der Waals surface area contributed by atoms with Gasteiger partial charge in [0, 0.05) is 60.4 Å². The molecule has 1 N–H and O–H groups in total. The van der Waals surface area contributed by atoms with E-state index in [2.05, 4.69) is 53.2 Å². The van der Waals surface area contributed by atoms with Crippen molar-refractivity contribution < 1.29 is 9.47 Å². The molecule has 2 aromatic heterocycles. The third kappa shape index (κ3) is 5.42. The van der Waals surface area contributed by atoms with Crippen molar-refractivity contribution in [3.8, 4) is 0 Å². The molecule has 0 radical (unpaired) electrons. The Morgan fingerprint density at radius 1 is 0.842 bits per heavy atom. The molecule has 6 rings (SSSR count). The molecule has 0 aliphatic carbocycles. The van der Waals surface area contributed by atoms with E-state index in [4.69, 9.17) is 26.1 Å². The van der Waals surface area contributed by atoms with Crippen molar-refractivity contribution in [1.82, 2.24) is 19.5 Å². The average molecular weight is 533 g/mol. The number of rotatable bonds is 7. The van der Waals surface area contributed by atoms with Crippen LogP contribution in [0.4, 0.5) is 17.8 Å². The van der Waals surface area contributed by atoms with Crippen molar-refractivity contribution in [2.75, 3.05) is 67.8 Å². The fourth-order valence-corrected chi connectivity index (χ4v) is 4.89. The summed E-state index contributed by atoms with van der Waals surface area (Å²) in [4.78, 5) is 18.3. The molecule has 0 bridgehead atoms. The van der Waals surface area contributed by atoms with Gasteiger partial charge >= 0.3 is 0 Å². The zero-order valence-electron chi connectivity index (χ0n) is 21.0. The van der Waals surface area contributed by atoms with E-state index in [1.807, 2.05) is 36.4 Å². The molecular formula is C27H29ClN8O2. The maximum absolute atomic E-state index is 6.43. The molecule has 2 saturated heterocycles. The third-order valence-electron chi connectivity index (χ3n) is 6.69. The van der Waals surface area contributed by atoms with Gasteiger partial charge in [-0.1, -0.05) is 48.0 Å². The normalized spacial score (nSPS) is 16.4. The lowest BCUT2D eigenvalue weighted by Gasteiger charge is -2.30. The van der Waals surface area contributed by atoms with Gasteiger partial charge in [-0.25, -0.2) is 5.43 Å². The van der Waals surface area contributed by atoms with Gasteiger partial charge in [0.15, 0.2) is 0 Å². The number of halogens is 1. The fourth-order valence-electron chi connectivity index (χ4n) is 4.69. The van der Waals surface area contributed by atoms with Gasteiger partial charge in [0.1, 0.15) is 0 Å². The summed E-state index contributed by atoms with van der Waals surface area (Å²) < 4.78 is 13.2. The van der Waals surface area contributed by atoms with E-state index in [1.165, 1.54) is 0 Å². The zero-order chi connectivity index (χ0) is 25.7. The number of aromatic nitrogens is 4. The van der Waals surface area contributed by atoms with Gasteiger partial charge in [-0.3, -0.25) is 0 Å². The molecule has 11 heteroatoms. The standard InChI is InChI=1S/C27H29ClN8O2/c28-23-7-3-1-5-20(23)18-36-19-21(22-6-2-4-8-24(22)36)17-29-33-25-30-26(34-9-13-37-14-10-34)32-27(31-25)35-11-15-38-16-12-35/h1-8,17,19H,9-16,18H2,(H,30,31,32,33)/b29-17+. The maximum atomic E-state index is 6.43. The Hall–Kier alpha value is -3.73. The van der Waals surface area contributed by atoms with E-state index >= 15 is 0 Å². The molecule has 0 atom stereocenters. The van der Waals surface area contributed by atoms with Crippen LogP contribution in [-0.2, 0) is 16.0 Å². The van der Waals surface area contributed by atoms with Crippen LogP contribution in [0.3, 0.4) is 0 Å². The number of hydrogen-bond donors (Lipinski definition) is 1. The van der Waals surface area contributed by atoms with E-state index in [1.54, 1.807) is 6.21 Å². The largest absolute Gasteiger partial charge is 0.378 e. The van der Waals surface area contributed by atoms with Gasteiger partial charge in [0.2, 0.25) is 17.8 Å². The Morgan fingerprint density at radius 2 is 1.47 bits per heavy atom. The number of hydrazone groups is 1. The average Bonchev–Trinajstić information content (AvgIpc) is 3.32. The smallest absolute Gasteiger partial charge is 0.250 e. The summed E-state index contributed by atoms with van der Waals surface area (Å²) in [5.41, 5.74) is 6.20. The molecule has 2 aliphatic rings. The SMILES string of the molecule is Clc1ccccc1Cn1cc(/C=N/Nc2nc(N3CCOCC3)nc(N3CCOCC3)n2)c2ccccc21. The Labute approximate surface area is 225 Å². The van der Waals surface area contributed by atoms with Crippen LogP contribution in [0, 0.1) is 0 Å². The summed E-state index contributed by atoms with van der Waals surface area (Å²) in [6.45, 7) is 6.21. The molecular weight excluding hydrogens is 504 g/mol. The first kappa shape index (κ1) is 24.6. The number of hydrogen-bond acceptors (Lipinski definition) is 9. The predicted molar refractivity (Wildman–Crippen MR) is 150 cm³/mol. The van der Waals surface area contributed by atoms with Crippen LogP contribution >= 0.6 is 11.6 Å². The Balaban J connectivity index is 1.26. The Kier molecular flexibility index (Phi) is 7.34. The number of nitrogens with one attached hydrogen (secondary N) is 1. The summed E-state index contributed by atoms with van der Waals surface area (Å²) >= 11 is 6.43. The summed E-state index contributed by atoms with van der Waals surface area (Å²) in [6, 6.07) is 16.2. The molecule has 0 saturated carbocycles. The molecule has 196 valence electrons. The highest BCUT2D eigenvalue weighted by Crippen LogP contribution is 2.24. The quantitative estimate of drug-likeness (QED) is 0.285. The molecule has 2 aromatic carbocycles. The van der Waals surface area contributed by atoms with Crippen LogP contribution in [0.5, 0.6) is 0 Å². The molecule has 0 amide bonds. The number of fused-ring (bicyclic) bond motifs is 1. The van der Waals surface area contributed by atoms with Crippen LogP contribution < -0.4 is 15.2 Å². The summed E-state index contributed by atoms with van der Waals surface area (Å²) in [5, 5.41) is 6.37. The number of benzene rings is 2. The van der Waals surface area contributed by atoms with Crippen molar-refractivity contribution in [1.29, 1.82) is 0 Å². The lowest BCUT2D eigenvalue weighted by atomic mass is 10.2. The molecule has 2 fully saturated rings. The molecule has 4 aromatic rings. The lowest BCUT2D eigenvalue weighted by molar-refractivity contribution is 0.121. The van der Waals surface area contributed by atoms with E-state index < -0.39 is 0 Å². The second-order valence-electron chi connectivity index (χ2n) is 9.15. The Morgan fingerprint density at radius 3 is 2.16 bits per heavy atom. The van der Waals surface area contributed by atoms with Gasteiger partial charge in [0.05, 0.1) is 32.6 Å². The van der Waals surface area contributed by atoms with Crippen molar-refractivity contribution in [3.63, 3.8) is 0 Å². The van der Waals surface area contributed by atoms with E-state index in [-0.39, 0.29) is 0 Å². The van der Waals surface area contributed by atoms with Crippen LogP contribution in [0.2, 0.25) is 5.02 Å². The number of ether oxygens (including phenoxy) is 2. The van der Waals surface area contributed by atoms with Crippen LogP contribution in [0.15, 0.2) is 59.8 Å². The molecule has 4 heterocycles. The minimum absolute atomic E-state index is 0.402. The van der Waals surface area contributed by atoms with Crippen LogP contribution in [-0.4, -0.2) is 78.3 Å². The van der Waals surface area contributed by atoms with Crippen molar-refractivity contribution in [2.24, 2.45) is 5.10 Å². The summed E-state index contributed by atoms with van der Waals surface area (Å²) in [5.74, 6) is 1.65. The number of para-hydroxylation sites is 1. The van der Waals surface area contributed by atoms with E-state index in [9.17, 15) is 0 Å². The van der Waals surface area contributed by atoms with Gasteiger partial charge in [-0.05, 0) is 17.7 Å². The second-order valence-corrected chi connectivity index (χ2v) is 9.56.